The molecule has 0 bridgehead atoms. The van der Waals surface area contributed by atoms with Crippen molar-refractivity contribution in [3.05, 3.63) is 71.2 Å². The van der Waals surface area contributed by atoms with E-state index in [0.29, 0.717) is 12.5 Å². The van der Waals surface area contributed by atoms with Crippen molar-refractivity contribution < 1.29 is 4.74 Å². The molecule has 0 spiro atoms. The number of anilines is 2. The van der Waals surface area contributed by atoms with E-state index >= 15 is 0 Å². The lowest BCUT2D eigenvalue weighted by Gasteiger charge is -2.32. The zero-order valence-corrected chi connectivity index (χ0v) is 19.2. The van der Waals surface area contributed by atoms with Crippen LogP contribution in [0.15, 0.2) is 42.9 Å². The Bertz CT molecular complexity index is 1020. The second-order valence-corrected chi connectivity index (χ2v) is 8.54. The number of nitrogens with zero attached hydrogens (tertiary/aromatic N) is 5. The number of piperidine rings is 1. The Morgan fingerprint density at radius 2 is 2.00 bits per heavy atom. The number of methoxy groups -OCH3 is 1. The van der Waals surface area contributed by atoms with Crippen LogP contribution in [0.5, 0.6) is 0 Å². The summed E-state index contributed by atoms with van der Waals surface area (Å²) >= 11 is 0. The number of ether oxygens (including phenoxy) is 1. The minimum Gasteiger partial charge on any atom is -0.384 e. The van der Waals surface area contributed by atoms with Crippen LogP contribution in [0.2, 0.25) is 0 Å². The largest absolute Gasteiger partial charge is 0.384 e. The average Bonchev–Trinajstić information content (AvgIpc) is 2.80. The molecular formula is C25H32N6O. The van der Waals surface area contributed by atoms with E-state index in [2.05, 4.69) is 57.2 Å². The fourth-order valence-electron chi connectivity index (χ4n) is 4.21. The molecule has 3 aromatic heterocycles. The highest BCUT2D eigenvalue weighted by atomic mass is 16.5. The molecule has 4 heterocycles. The maximum Gasteiger partial charge on any atom is 0.133 e. The Hall–Kier alpha value is -2.90. The molecule has 3 aromatic rings. The van der Waals surface area contributed by atoms with Crippen molar-refractivity contribution in [3.63, 3.8) is 0 Å². The van der Waals surface area contributed by atoms with E-state index in [4.69, 9.17) is 9.72 Å². The first-order valence-corrected chi connectivity index (χ1v) is 11.3. The Labute approximate surface area is 190 Å². The number of pyridine rings is 2. The number of hydrogen-bond acceptors (Lipinski definition) is 7. The van der Waals surface area contributed by atoms with Gasteiger partial charge in [-0.1, -0.05) is 6.07 Å². The second kappa shape index (κ2) is 10.6. The first-order chi connectivity index (χ1) is 15.6. The summed E-state index contributed by atoms with van der Waals surface area (Å²) in [5.74, 6) is 2.14. The van der Waals surface area contributed by atoms with Gasteiger partial charge >= 0.3 is 0 Å². The summed E-state index contributed by atoms with van der Waals surface area (Å²) in [6.45, 7) is 7.72. The number of likely N-dealkylation sites (tertiary alicyclic amines) is 1. The van der Waals surface area contributed by atoms with Crippen LogP contribution in [0.3, 0.4) is 0 Å². The van der Waals surface area contributed by atoms with Gasteiger partial charge in [-0.25, -0.2) is 15.0 Å². The van der Waals surface area contributed by atoms with Gasteiger partial charge in [0.1, 0.15) is 11.6 Å². The lowest BCUT2D eigenvalue weighted by atomic mass is 9.93. The summed E-state index contributed by atoms with van der Waals surface area (Å²) in [7, 11) is 1.70. The molecule has 7 nitrogen and oxygen atoms in total. The first kappa shape index (κ1) is 22.3. The zero-order chi connectivity index (χ0) is 22.3. The van der Waals surface area contributed by atoms with E-state index in [1.54, 1.807) is 7.11 Å². The monoisotopic (exact) mass is 432 g/mol. The van der Waals surface area contributed by atoms with Crippen LogP contribution in [0.4, 0.5) is 11.5 Å². The standard InChI is InChI=1S/C25H32N6O/c1-18-6-4-9-26-25(18)30-22-12-19(2)29-23(13-22)21-7-5-10-31(17-21)16-20-14-27-24(28-15-20)8-11-32-3/h4,6,9,12-15,21H,5,7-8,10-11,16-17H2,1-3H3,(H,26,29,30). The molecule has 1 atom stereocenters. The number of rotatable bonds is 8. The number of aromatic nitrogens is 4. The van der Waals surface area contributed by atoms with Gasteiger partial charge in [-0.05, 0) is 57.0 Å². The van der Waals surface area contributed by atoms with E-state index in [-0.39, 0.29) is 0 Å². The summed E-state index contributed by atoms with van der Waals surface area (Å²) < 4.78 is 5.10. The smallest absolute Gasteiger partial charge is 0.133 e. The number of nitrogens with one attached hydrogen (secondary N) is 1. The molecule has 1 aliphatic rings. The molecule has 0 amide bonds. The van der Waals surface area contributed by atoms with Gasteiger partial charge in [-0.3, -0.25) is 9.88 Å². The van der Waals surface area contributed by atoms with Crippen molar-refractivity contribution in [1.29, 1.82) is 0 Å². The zero-order valence-electron chi connectivity index (χ0n) is 19.2. The highest BCUT2D eigenvalue weighted by Gasteiger charge is 2.23. The summed E-state index contributed by atoms with van der Waals surface area (Å²) in [6, 6.07) is 8.29. The predicted octanol–water partition coefficient (Wildman–Crippen LogP) is 4.20. The number of aryl methyl sites for hydroxylation is 2. The molecule has 1 aliphatic heterocycles. The minimum absolute atomic E-state index is 0.413. The fraction of sp³-hybridized carbons (Fsp3) is 0.440. The highest BCUT2D eigenvalue weighted by Crippen LogP contribution is 2.29. The summed E-state index contributed by atoms with van der Waals surface area (Å²) in [5, 5.41) is 3.47. The van der Waals surface area contributed by atoms with Gasteiger partial charge in [0.05, 0.1) is 6.61 Å². The predicted molar refractivity (Wildman–Crippen MR) is 126 cm³/mol. The molecular weight excluding hydrogens is 400 g/mol. The molecule has 1 N–H and O–H groups in total. The van der Waals surface area contributed by atoms with Crippen molar-refractivity contribution >= 4 is 11.5 Å². The summed E-state index contributed by atoms with van der Waals surface area (Å²) in [5.41, 5.74) is 5.50. The van der Waals surface area contributed by atoms with Gasteiger partial charge in [-0.15, -0.1) is 0 Å². The Kier molecular flexibility index (Phi) is 7.39. The normalized spacial score (nSPS) is 16.8. The first-order valence-electron chi connectivity index (χ1n) is 11.3. The summed E-state index contributed by atoms with van der Waals surface area (Å²) in [6.07, 6.45) is 8.78. The molecule has 1 fully saturated rings. The third kappa shape index (κ3) is 5.87. The van der Waals surface area contributed by atoms with Crippen molar-refractivity contribution in [2.24, 2.45) is 0 Å². The van der Waals surface area contributed by atoms with Crippen LogP contribution in [0.25, 0.3) is 0 Å². The number of hydrogen-bond donors (Lipinski definition) is 1. The molecule has 1 unspecified atom stereocenters. The molecule has 4 rings (SSSR count). The molecule has 0 aliphatic carbocycles. The lowest BCUT2D eigenvalue weighted by Crippen LogP contribution is -2.34. The molecule has 168 valence electrons. The maximum atomic E-state index is 5.10. The van der Waals surface area contributed by atoms with E-state index in [0.717, 1.165) is 78.7 Å². The molecule has 0 radical (unpaired) electrons. The van der Waals surface area contributed by atoms with E-state index in [1.807, 2.05) is 24.7 Å². The van der Waals surface area contributed by atoms with Gasteiger partial charge in [0, 0.05) is 73.8 Å². The van der Waals surface area contributed by atoms with Gasteiger partial charge in [0.15, 0.2) is 0 Å². The van der Waals surface area contributed by atoms with Gasteiger partial charge in [0.25, 0.3) is 0 Å². The van der Waals surface area contributed by atoms with Crippen LogP contribution in [-0.4, -0.2) is 51.6 Å². The van der Waals surface area contributed by atoms with E-state index < -0.39 is 0 Å². The highest BCUT2D eigenvalue weighted by molar-refractivity contribution is 5.59. The van der Waals surface area contributed by atoms with Gasteiger partial charge in [-0.2, -0.15) is 0 Å². The van der Waals surface area contributed by atoms with Crippen LogP contribution >= 0.6 is 0 Å². The Balaban J connectivity index is 1.42. The SMILES string of the molecule is COCCc1ncc(CN2CCCC(c3cc(Nc4ncccc4C)cc(C)n3)C2)cn1. The molecule has 0 aromatic carbocycles. The quantitative estimate of drug-likeness (QED) is 0.572. The molecule has 0 saturated carbocycles. The maximum absolute atomic E-state index is 5.10. The van der Waals surface area contributed by atoms with E-state index in [1.165, 1.54) is 0 Å². The van der Waals surface area contributed by atoms with Crippen molar-refractivity contribution in [3.8, 4) is 0 Å². The van der Waals surface area contributed by atoms with Crippen LogP contribution in [-0.2, 0) is 17.7 Å². The van der Waals surface area contributed by atoms with Crippen molar-refractivity contribution in [2.45, 2.75) is 45.6 Å². The lowest BCUT2D eigenvalue weighted by molar-refractivity contribution is 0.197. The third-order valence-electron chi connectivity index (χ3n) is 5.86. The molecule has 1 saturated heterocycles. The van der Waals surface area contributed by atoms with Crippen molar-refractivity contribution in [1.82, 2.24) is 24.8 Å². The topological polar surface area (TPSA) is 76.1 Å². The van der Waals surface area contributed by atoms with Gasteiger partial charge in [0.2, 0.25) is 0 Å². The molecule has 7 heteroatoms. The van der Waals surface area contributed by atoms with Crippen LogP contribution in [0.1, 0.15) is 47.1 Å². The molecule has 32 heavy (non-hydrogen) atoms. The van der Waals surface area contributed by atoms with Crippen molar-refractivity contribution in [2.75, 3.05) is 32.1 Å². The minimum atomic E-state index is 0.413. The van der Waals surface area contributed by atoms with Crippen LogP contribution in [0, 0.1) is 13.8 Å². The second-order valence-electron chi connectivity index (χ2n) is 8.54. The van der Waals surface area contributed by atoms with Crippen LogP contribution < -0.4 is 5.32 Å². The van der Waals surface area contributed by atoms with Gasteiger partial charge < -0.3 is 10.1 Å². The summed E-state index contributed by atoms with van der Waals surface area (Å²) in [4.78, 5) is 20.8. The Morgan fingerprint density at radius 3 is 2.78 bits per heavy atom. The fourth-order valence-corrected chi connectivity index (χ4v) is 4.21. The van der Waals surface area contributed by atoms with E-state index in [9.17, 15) is 0 Å². The average molecular weight is 433 g/mol. The Morgan fingerprint density at radius 1 is 1.16 bits per heavy atom. The third-order valence-corrected chi connectivity index (χ3v) is 5.86.